The van der Waals surface area contributed by atoms with Gasteiger partial charge in [-0.25, -0.2) is 4.39 Å². The number of halogens is 1. The molecule has 0 aliphatic rings. The number of aliphatic carboxylic acids is 1. The van der Waals surface area contributed by atoms with Crippen LogP contribution in [0.5, 0.6) is 0 Å². The van der Waals surface area contributed by atoms with Crippen LogP contribution in [-0.2, 0) is 4.79 Å². The second kappa shape index (κ2) is 10.2. The molecule has 1 N–H and O–H groups in total. The van der Waals surface area contributed by atoms with E-state index in [1.54, 1.807) is 13.0 Å². The molecule has 0 aliphatic heterocycles. The van der Waals surface area contributed by atoms with Gasteiger partial charge in [0.1, 0.15) is 5.82 Å². The topological polar surface area (TPSA) is 37.3 Å². The van der Waals surface area contributed by atoms with Crippen molar-refractivity contribution >= 4 is 22.3 Å². The molecule has 0 saturated heterocycles. The number of benzene rings is 3. The first kappa shape index (κ1) is 22.6. The molecule has 0 heterocycles. The van der Waals surface area contributed by atoms with Crippen molar-refractivity contribution in [3.8, 4) is 11.1 Å². The van der Waals surface area contributed by atoms with Gasteiger partial charge in [0.25, 0.3) is 0 Å². The SMILES string of the molecule is C=S(c1ccc(C)cc1)c1ccc(-c2cc(C)ccc2C)cc1F.CCC(=O)O. The van der Waals surface area contributed by atoms with Gasteiger partial charge in [0.15, 0.2) is 0 Å². The van der Waals surface area contributed by atoms with E-state index in [1.165, 1.54) is 11.1 Å². The Bertz CT molecular complexity index is 1020. The standard InChI is InChI=1S/C22H21FS.C3H6O2/c1-15-6-10-19(11-7-15)24(4)22-12-9-18(14-21(22)23)20-13-16(2)5-8-17(20)3;1-2-3(4)5/h5-14H,4H2,1-3H3;2H2,1H3,(H,4,5). The highest BCUT2D eigenvalue weighted by Gasteiger charge is 2.10. The second-order valence-corrected chi connectivity index (χ2v) is 8.61. The van der Waals surface area contributed by atoms with Crippen LogP contribution in [0.25, 0.3) is 11.1 Å². The number of hydrogen-bond donors (Lipinski definition) is 1. The fraction of sp³-hybridized carbons (Fsp3) is 0.200. The minimum atomic E-state index is -0.745. The predicted octanol–water partition coefficient (Wildman–Crippen LogP) is 7.02. The molecule has 0 saturated carbocycles. The first-order valence-corrected chi connectivity index (χ1v) is 10.8. The van der Waals surface area contributed by atoms with E-state index in [0.29, 0.717) is 4.90 Å². The van der Waals surface area contributed by atoms with E-state index >= 15 is 0 Å². The van der Waals surface area contributed by atoms with Crippen LogP contribution in [0.15, 0.2) is 70.5 Å². The Morgan fingerprint density at radius 2 is 1.55 bits per heavy atom. The maximum absolute atomic E-state index is 14.8. The molecule has 3 aromatic carbocycles. The third-order valence-electron chi connectivity index (χ3n) is 4.51. The Morgan fingerprint density at radius 1 is 0.966 bits per heavy atom. The van der Waals surface area contributed by atoms with E-state index < -0.39 is 16.5 Å². The van der Waals surface area contributed by atoms with Gasteiger partial charge >= 0.3 is 5.97 Å². The van der Waals surface area contributed by atoms with Crippen LogP contribution >= 0.6 is 10.5 Å². The van der Waals surface area contributed by atoms with E-state index in [2.05, 4.69) is 37.9 Å². The molecule has 2 nitrogen and oxygen atoms in total. The van der Waals surface area contributed by atoms with E-state index in [9.17, 15) is 9.18 Å². The zero-order valence-electron chi connectivity index (χ0n) is 17.3. The molecule has 0 fully saturated rings. The summed E-state index contributed by atoms with van der Waals surface area (Å²) < 4.78 is 14.8. The lowest BCUT2D eigenvalue weighted by Crippen LogP contribution is -1.89. The maximum atomic E-state index is 14.8. The second-order valence-electron chi connectivity index (χ2n) is 6.91. The van der Waals surface area contributed by atoms with Crippen molar-refractivity contribution in [1.29, 1.82) is 0 Å². The first-order valence-electron chi connectivity index (χ1n) is 9.42. The van der Waals surface area contributed by atoms with Crippen LogP contribution in [0.2, 0.25) is 0 Å². The molecule has 0 spiro atoms. The van der Waals surface area contributed by atoms with Crippen LogP contribution < -0.4 is 0 Å². The monoisotopic (exact) mass is 410 g/mol. The largest absolute Gasteiger partial charge is 0.481 e. The Hall–Kier alpha value is -2.72. The fourth-order valence-corrected chi connectivity index (χ4v) is 3.99. The van der Waals surface area contributed by atoms with Gasteiger partial charge in [0.05, 0.1) is 0 Å². The van der Waals surface area contributed by atoms with Gasteiger partial charge in [0.2, 0.25) is 0 Å². The van der Waals surface area contributed by atoms with Gasteiger partial charge in [-0.15, -0.1) is 10.5 Å². The van der Waals surface area contributed by atoms with Crippen molar-refractivity contribution in [3.63, 3.8) is 0 Å². The Kier molecular flexibility index (Phi) is 7.91. The van der Waals surface area contributed by atoms with Gasteiger partial charge in [-0.3, -0.25) is 4.79 Å². The summed E-state index contributed by atoms with van der Waals surface area (Å²) in [5.74, 6) is 3.26. The summed E-state index contributed by atoms with van der Waals surface area (Å²) in [5, 5.41) is 7.72. The molecule has 3 aromatic rings. The summed E-state index contributed by atoms with van der Waals surface area (Å²) in [6.45, 7) is 7.75. The zero-order chi connectivity index (χ0) is 21.6. The average Bonchev–Trinajstić information content (AvgIpc) is 2.70. The highest BCUT2D eigenvalue weighted by atomic mass is 32.2. The molecule has 3 rings (SSSR count). The Labute approximate surface area is 175 Å². The molecule has 152 valence electrons. The lowest BCUT2D eigenvalue weighted by Gasteiger charge is -2.12. The van der Waals surface area contributed by atoms with Crippen molar-refractivity contribution in [2.24, 2.45) is 0 Å². The molecule has 0 aliphatic carbocycles. The summed E-state index contributed by atoms with van der Waals surface area (Å²) in [6, 6.07) is 19.9. The van der Waals surface area contributed by atoms with Crippen molar-refractivity contribution in [1.82, 2.24) is 0 Å². The van der Waals surface area contributed by atoms with E-state index in [4.69, 9.17) is 5.11 Å². The van der Waals surface area contributed by atoms with E-state index in [0.717, 1.165) is 21.6 Å². The number of aryl methyl sites for hydroxylation is 3. The van der Waals surface area contributed by atoms with Gasteiger partial charge < -0.3 is 5.11 Å². The number of carbonyl (C=O) groups is 1. The van der Waals surface area contributed by atoms with Crippen molar-refractivity contribution in [2.75, 3.05) is 0 Å². The summed E-state index contributed by atoms with van der Waals surface area (Å²) in [5.41, 5.74) is 5.52. The van der Waals surface area contributed by atoms with Crippen molar-refractivity contribution < 1.29 is 14.3 Å². The molecular weight excluding hydrogens is 383 g/mol. The molecule has 0 bridgehead atoms. The smallest absolute Gasteiger partial charge is 0.303 e. The van der Waals surface area contributed by atoms with Crippen molar-refractivity contribution in [2.45, 2.75) is 43.9 Å². The van der Waals surface area contributed by atoms with Gasteiger partial charge in [-0.05, 0) is 61.7 Å². The van der Waals surface area contributed by atoms with E-state index in [-0.39, 0.29) is 12.2 Å². The lowest BCUT2D eigenvalue weighted by molar-refractivity contribution is -0.136. The quantitative estimate of drug-likeness (QED) is 0.469. The summed E-state index contributed by atoms with van der Waals surface area (Å²) in [6.07, 6.45) is 0.222. The fourth-order valence-electron chi connectivity index (χ4n) is 2.74. The van der Waals surface area contributed by atoms with Crippen LogP contribution in [0.3, 0.4) is 0 Å². The summed E-state index contributed by atoms with van der Waals surface area (Å²) >= 11 is 0. The third kappa shape index (κ3) is 6.13. The minimum Gasteiger partial charge on any atom is -0.481 e. The third-order valence-corrected chi connectivity index (χ3v) is 6.21. The molecule has 1 unspecified atom stereocenters. The molecule has 0 aromatic heterocycles. The molecule has 0 radical (unpaired) electrons. The highest BCUT2D eigenvalue weighted by molar-refractivity contribution is 8.14. The van der Waals surface area contributed by atoms with Crippen LogP contribution in [0.4, 0.5) is 4.39 Å². The normalized spacial score (nSPS) is 11.3. The molecule has 1 atom stereocenters. The Morgan fingerprint density at radius 3 is 2.10 bits per heavy atom. The number of carboxylic acid groups (broad SMARTS) is 1. The summed E-state index contributed by atoms with van der Waals surface area (Å²) in [4.78, 5) is 11.1. The van der Waals surface area contributed by atoms with Gasteiger partial charge in [0, 0.05) is 16.2 Å². The molecule has 0 amide bonds. The predicted molar refractivity (Wildman–Crippen MR) is 122 cm³/mol. The number of carboxylic acids is 1. The zero-order valence-corrected chi connectivity index (χ0v) is 18.1. The van der Waals surface area contributed by atoms with Crippen molar-refractivity contribution in [3.05, 3.63) is 83.2 Å². The maximum Gasteiger partial charge on any atom is 0.303 e. The van der Waals surface area contributed by atoms with Crippen LogP contribution in [-0.4, -0.2) is 16.9 Å². The number of rotatable bonds is 4. The van der Waals surface area contributed by atoms with Gasteiger partial charge in [-0.2, -0.15) is 0 Å². The highest BCUT2D eigenvalue weighted by Crippen LogP contribution is 2.37. The van der Waals surface area contributed by atoms with Crippen LogP contribution in [0.1, 0.15) is 30.0 Å². The summed E-state index contributed by atoms with van der Waals surface area (Å²) in [7, 11) is -0.516. The first-order chi connectivity index (χ1) is 13.7. The molecular formula is C25H27FO2S. The molecule has 4 heteroatoms. The minimum absolute atomic E-state index is 0.188. The molecule has 29 heavy (non-hydrogen) atoms. The average molecular weight is 411 g/mol. The van der Waals surface area contributed by atoms with Crippen LogP contribution in [0, 0.1) is 26.6 Å². The van der Waals surface area contributed by atoms with Gasteiger partial charge in [-0.1, -0.05) is 60.3 Å². The lowest BCUT2D eigenvalue weighted by atomic mass is 9.98. The Balaban J connectivity index is 0.000000537. The number of hydrogen-bond acceptors (Lipinski definition) is 1. The van der Waals surface area contributed by atoms with E-state index in [1.807, 2.05) is 43.3 Å².